The molecule has 0 bridgehead atoms. The second-order valence-corrected chi connectivity index (χ2v) is 9.16. The number of anilines is 1. The van der Waals surface area contributed by atoms with Crippen LogP contribution in [-0.2, 0) is 0 Å². The third-order valence-electron chi connectivity index (χ3n) is 7.49. The van der Waals surface area contributed by atoms with E-state index in [2.05, 4.69) is 46.8 Å². The van der Waals surface area contributed by atoms with E-state index in [1.807, 2.05) is 6.20 Å². The van der Waals surface area contributed by atoms with Gasteiger partial charge in [-0.25, -0.2) is 9.97 Å². The van der Waals surface area contributed by atoms with E-state index in [1.54, 1.807) is 6.33 Å². The van der Waals surface area contributed by atoms with Gasteiger partial charge in [0.2, 0.25) is 0 Å². The number of nitrogens with zero attached hydrogens (tertiary/aromatic N) is 3. The molecular formula is C24H41N5. The van der Waals surface area contributed by atoms with E-state index in [1.165, 1.54) is 64.2 Å². The van der Waals surface area contributed by atoms with Crippen LogP contribution in [0.2, 0.25) is 0 Å². The van der Waals surface area contributed by atoms with Gasteiger partial charge in [-0.1, -0.05) is 39.5 Å². The van der Waals surface area contributed by atoms with Crippen LogP contribution in [0.5, 0.6) is 0 Å². The van der Waals surface area contributed by atoms with Crippen LogP contribution in [0.3, 0.4) is 0 Å². The lowest BCUT2D eigenvalue weighted by atomic mass is 9.81. The van der Waals surface area contributed by atoms with Crippen molar-refractivity contribution in [1.29, 1.82) is 0 Å². The van der Waals surface area contributed by atoms with Crippen molar-refractivity contribution in [2.45, 2.75) is 84.1 Å². The van der Waals surface area contributed by atoms with E-state index in [4.69, 9.17) is 5.73 Å². The molecule has 0 aromatic carbocycles. The minimum atomic E-state index is 0.621. The number of aromatic amines is 1. The summed E-state index contributed by atoms with van der Waals surface area (Å²) in [6, 6.07) is 2.69. The van der Waals surface area contributed by atoms with Crippen molar-refractivity contribution in [3.05, 3.63) is 18.6 Å². The third kappa shape index (κ3) is 5.71. The molecule has 3 N–H and O–H groups in total. The van der Waals surface area contributed by atoms with Crippen molar-refractivity contribution in [2.24, 2.45) is 23.5 Å². The molecule has 2 aliphatic carbocycles. The highest BCUT2D eigenvalue weighted by Crippen LogP contribution is 2.32. The standard InChI is InChI=1S/C15H22N4.C9H19N/c1-3-11-4-6-12(7-5-11)19(2)15-13-8-9-16-14(13)17-10-18-15;1-2-8-3-5-9(7-10)6-4-8/h8-12H,3-7H2,1-2H3,(H,16,17,18);8-9H,2-7,10H2,1H3. The van der Waals surface area contributed by atoms with Crippen molar-refractivity contribution in [3.63, 3.8) is 0 Å². The molecule has 0 unspecified atom stereocenters. The first kappa shape index (κ1) is 22.1. The lowest BCUT2D eigenvalue weighted by molar-refractivity contribution is 0.274. The zero-order valence-electron chi connectivity index (χ0n) is 18.7. The number of hydrogen-bond donors (Lipinski definition) is 2. The molecule has 29 heavy (non-hydrogen) atoms. The molecule has 2 aliphatic rings. The first-order valence-corrected chi connectivity index (χ1v) is 11.9. The van der Waals surface area contributed by atoms with Gasteiger partial charge in [-0.05, 0) is 68.9 Å². The highest BCUT2D eigenvalue weighted by atomic mass is 15.2. The maximum atomic E-state index is 5.59. The van der Waals surface area contributed by atoms with Crippen LogP contribution < -0.4 is 10.6 Å². The summed E-state index contributed by atoms with van der Waals surface area (Å²) < 4.78 is 0. The molecule has 2 saturated carbocycles. The molecule has 0 radical (unpaired) electrons. The first-order chi connectivity index (χ1) is 14.2. The van der Waals surface area contributed by atoms with Crippen molar-refractivity contribution in [1.82, 2.24) is 15.0 Å². The smallest absolute Gasteiger partial charge is 0.142 e. The Hall–Kier alpha value is -1.62. The number of nitrogens with one attached hydrogen (secondary N) is 1. The van der Waals surface area contributed by atoms with Gasteiger partial charge in [-0.15, -0.1) is 0 Å². The van der Waals surface area contributed by atoms with E-state index in [9.17, 15) is 0 Å². The van der Waals surface area contributed by atoms with Crippen molar-refractivity contribution in [2.75, 3.05) is 18.5 Å². The molecule has 2 heterocycles. The fraction of sp³-hybridized carbons (Fsp3) is 0.750. The number of fused-ring (bicyclic) bond motifs is 1. The van der Waals surface area contributed by atoms with Gasteiger partial charge in [0.05, 0.1) is 5.39 Å². The molecule has 0 atom stereocenters. The van der Waals surface area contributed by atoms with Crippen LogP contribution in [-0.4, -0.2) is 34.6 Å². The number of nitrogens with two attached hydrogens (primary N) is 1. The largest absolute Gasteiger partial charge is 0.356 e. The van der Waals surface area contributed by atoms with Gasteiger partial charge in [0.1, 0.15) is 17.8 Å². The Morgan fingerprint density at radius 3 is 2.10 bits per heavy atom. The van der Waals surface area contributed by atoms with E-state index in [0.717, 1.165) is 41.1 Å². The average Bonchev–Trinajstić information content (AvgIpc) is 3.28. The number of H-pyrrole nitrogens is 1. The Labute approximate surface area is 176 Å². The summed E-state index contributed by atoms with van der Waals surface area (Å²) in [7, 11) is 2.17. The molecular weight excluding hydrogens is 358 g/mol. The molecule has 2 fully saturated rings. The second-order valence-electron chi connectivity index (χ2n) is 9.16. The molecule has 0 amide bonds. The zero-order valence-corrected chi connectivity index (χ0v) is 18.7. The highest BCUT2D eigenvalue weighted by molar-refractivity contribution is 5.87. The molecule has 2 aromatic heterocycles. The average molecular weight is 400 g/mol. The maximum Gasteiger partial charge on any atom is 0.142 e. The molecule has 162 valence electrons. The van der Waals surface area contributed by atoms with E-state index in [-0.39, 0.29) is 0 Å². The summed E-state index contributed by atoms with van der Waals surface area (Å²) in [6.07, 6.45) is 17.2. The molecule has 0 saturated heterocycles. The molecule has 2 aromatic rings. The molecule has 4 rings (SSSR count). The molecule has 5 nitrogen and oxygen atoms in total. The third-order valence-corrected chi connectivity index (χ3v) is 7.49. The van der Waals surface area contributed by atoms with Gasteiger partial charge >= 0.3 is 0 Å². The van der Waals surface area contributed by atoms with E-state index < -0.39 is 0 Å². The lowest BCUT2D eigenvalue weighted by Crippen LogP contribution is -2.35. The summed E-state index contributed by atoms with van der Waals surface area (Å²) >= 11 is 0. The van der Waals surface area contributed by atoms with Gasteiger partial charge in [0.25, 0.3) is 0 Å². The normalized spacial score (nSPS) is 27.3. The summed E-state index contributed by atoms with van der Waals surface area (Å²) in [4.78, 5) is 14.3. The SMILES string of the molecule is CCC1CCC(CN)CC1.CCC1CCC(N(C)c2ncnc3[nH]ccc23)CC1. The Balaban J connectivity index is 0.000000204. The van der Waals surface area contributed by atoms with Gasteiger partial charge in [0.15, 0.2) is 0 Å². The molecule has 0 aliphatic heterocycles. The van der Waals surface area contributed by atoms with Crippen LogP contribution >= 0.6 is 0 Å². The van der Waals surface area contributed by atoms with E-state index >= 15 is 0 Å². The predicted molar refractivity (Wildman–Crippen MR) is 123 cm³/mol. The van der Waals surface area contributed by atoms with Crippen LogP contribution in [0.4, 0.5) is 5.82 Å². The fourth-order valence-corrected chi connectivity index (χ4v) is 5.13. The Bertz CT molecular complexity index is 699. The topological polar surface area (TPSA) is 70.8 Å². The first-order valence-electron chi connectivity index (χ1n) is 11.9. The number of rotatable bonds is 5. The minimum absolute atomic E-state index is 0.621. The Morgan fingerprint density at radius 2 is 1.52 bits per heavy atom. The van der Waals surface area contributed by atoms with Crippen LogP contribution in [0.25, 0.3) is 11.0 Å². The number of hydrogen-bond acceptors (Lipinski definition) is 4. The van der Waals surface area contributed by atoms with Gasteiger partial charge in [-0.2, -0.15) is 0 Å². The zero-order chi connectivity index (χ0) is 20.6. The van der Waals surface area contributed by atoms with E-state index in [0.29, 0.717) is 6.04 Å². The maximum absolute atomic E-state index is 5.59. The van der Waals surface area contributed by atoms with Gasteiger partial charge in [0, 0.05) is 19.3 Å². The highest BCUT2D eigenvalue weighted by Gasteiger charge is 2.25. The Morgan fingerprint density at radius 1 is 0.931 bits per heavy atom. The monoisotopic (exact) mass is 399 g/mol. The van der Waals surface area contributed by atoms with Crippen LogP contribution in [0, 0.1) is 17.8 Å². The summed E-state index contributed by atoms with van der Waals surface area (Å²) in [6.45, 7) is 5.52. The van der Waals surface area contributed by atoms with Crippen molar-refractivity contribution >= 4 is 16.9 Å². The summed E-state index contributed by atoms with van der Waals surface area (Å²) in [5.74, 6) is 3.86. The van der Waals surface area contributed by atoms with Crippen molar-refractivity contribution < 1.29 is 0 Å². The fourth-order valence-electron chi connectivity index (χ4n) is 5.13. The predicted octanol–water partition coefficient (Wildman–Crippen LogP) is 5.52. The second kappa shape index (κ2) is 11.0. The van der Waals surface area contributed by atoms with Gasteiger partial charge < -0.3 is 15.6 Å². The van der Waals surface area contributed by atoms with Gasteiger partial charge in [-0.3, -0.25) is 0 Å². The Kier molecular flexibility index (Phi) is 8.34. The minimum Gasteiger partial charge on any atom is -0.356 e. The van der Waals surface area contributed by atoms with Crippen LogP contribution in [0.1, 0.15) is 78.1 Å². The quantitative estimate of drug-likeness (QED) is 0.694. The summed E-state index contributed by atoms with van der Waals surface area (Å²) in [5, 5.41) is 1.13. The van der Waals surface area contributed by atoms with Crippen LogP contribution in [0.15, 0.2) is 18.6 Å². The molecule has 0 spiro atoms. The summed E-state index contributed by atoms with van der Waals surface area (Å²) in [5.41, 5.74) is 6.52. The molecule has 5 heteroatoms. The lowest BCUT2D eigenvalue weighted by Gasteiger charge is -2.35. The number of aromatic nitrogens is 3. The van der Waals surface area contributed by atoms with Crippen molar-refractivity contribution in [3.8, 4) is 0 Å².